The predicted octanol–water partition coefficient (Wildman–Crippen LogP) is 1.57. The van der Waals surface area contributed by atoms with Gasteiger partial charge in [0.1, 0.15) is 17.7 Å². The van der Waals surface area contributed by atoms with Crippen molar-refractivity contribution < 1.29 is 13.9 Å². The van der Waals surface area contributed by atoms with Crippen molar-refractivity contribution in [3.8, 4) is 5.75 Å². The lowest BCUT2D eigenvalue weighted by Crippen LogP contribution is -2.34. The molecule has 0 aromatic heterocycles. The first kappa shape index (κ1) is 12.8. The van der Waals surface area contributed by atoms with Crippen LogP contribution < -0.4 is 16.2 Å². The maximum atomic E-state index is 13.1. The molecule has 1 aliphatic carbocycles. The Labute approximate surface area is 105 Å². The van der Waals surface area contributed by atoms with Crippen LogP contribution in [0.15, 0.2) is 18.2 Å². The Morgan fingerprint density at radius 2 is 2.17 bits per heavy atom. The molecule has 1 aliphatic rings. The summed E-state index contributed by atoms with van der Waals surface area (Å²) >= 11 is 0. The second-order valence-electron chi connectivity index (χ2n) is 4.67. The topological polar surface area (TPSA) is 78.3 Å². The van der Waals surface area contributed by atoms with E-state index in [1.165, 1.54) is 12.1 Å². The van der Waals surface area contributed by atoms with Gasteiger partial charge in [-0.2, -0.15) is 0 Å². The third kappa shape index (κ3) is 2.98. The zero-order valence-corrected chi connectivity index (χ0v) is 10.1. The molecule has 1 aromatic rings. The summed E-state index contributed by atoms with van der Waals surface area (Å²) in [6.45, 7) is 0. The number of carbonyl (C=O) groups excluding carboxylic acids is 1. The van der Waals surface area contributed by atoms with E-state index in [-0.39, 0.29) is 17.7 Å². The summed E-state index contributed by atoms with van der Waals surface area (Å²) in [6, 6.07) is 3.92. The van der Waals surface area contributed by atoms with Crippen molar-refractivity contribution in [1.82, 2.24) is 0 Å². The van der Waals surface area contributed by atoms with Crippen molar-refractivity contribution in [3.63, 3.8) is 0 Å². The molecule has 0 spiro atoms. The molecule has 0 saturated heterocycles. The summed E-state index contributed by atoms with van der Waals surface area (Å²) in [5.74, 6) is -0.857. The van der Waals surface area contributed by atoms with Gasteiger partial charge in [0.25, 0.3) is 5.91 Å². The van der Waals surface area contributed by atoms with Crippen LogP contribution in [0.3, 0.4) is 0 Å². The van der Waals surface area contributed by atoms with Crippen LogP contribution in [0, 0.1) is 5.82 Å². The lowest BCUT2D eigenvalue weighted by molar-refractivity contribution is 0.0985. The van der Waals surface area contributed by atoms with Gasteiger partial charge in [-0.1, -0.05) is 0 Å². The normalized spacial score (nSPS) is 23.7. The summed E-state index contributed by atoms with van der Waals surface area (Å²) in [4.78, 5) is 11.2. The lowest BCUT2D eigenvalue weighted by atomic mass is 9.93. The minimum Gasteiger partial charge on any atom is -0.490 e. The van der Waals surface area contributed by atoms with Gasteiger partial charge in [-0.3, -0.25) is 4.79 Å². The molecule has 1 fully saturated rings. The van der Waals surface area contributed by atoms with E-state index in [1.807, 2.05) is 0 Å². The minimum atomic E-state index is -0.690. The van der Waals surface area contributed by atoms with Gasteiger partial charge in [0.15, 0.2) is 0 Å². The Morgan fingerprint density at radius 1 is 1.39 bits per heavy atom. The van der Waals surface area contributed by atoms with Gasteiger partial charge in [-0.25, -0.2) is 4.39 Å². The summed E-state index contributed by atoms with van der Waals surface area (Å²) in [5, 5.41) is 0. The highest BCUT2D eigenvalue weighted by molar-refractivity contribution is 5.95. The molecule has 1 aromatic carbocycles. The zero-order valence-electron chi connectivity index (χ0n) is 10.1. The fourth-order valence-electron chi connectivity index (χ4n) is 2.27. The fourth-order valence-corrected chi connectivity index (χ4v) is 2.27. The van der Waals surface area contributed by atoms with Gasteiger partial charge >= 0.3 is 0 Å². The number of rotatable bonds is 3. The molecule has 0 radical (unpaired) electrons. The predicted molar refractivity (Wildman–Crippen MR) is 65.8 cm³/mol. The van der Waals surface area contributed by atoms with E-state index >= 15 is 0 Å². The maximum absolute atomic E-state index is 13.1. The summed E-state index contributed by atoms with van der Waals surface area (Å²) in [6.07, 6.45) is 3.60. The first-order valence-corrected chi connectivity index (χ1v) is 6.08. The van der Waals surface area contributed by atoms with E-state index < -0.39 is 11.7 Å². The molecule has 4 N–H and O–H groups in total. The Kier molecular flexibility index (Phi) is 3.81. The van der Waals surface area contributed by atoms with E-state index in [0.29, 0.717) is 5.75 Å². The number of nitrogens with two attached hydrogens (primary N) is 2. The molecule has 5 heteroatoms. The largest absolute Gasteiger partial charge is 0.490 e. The van der Waals surface area contributed by atoms with Gasteiger partial charge in [0.2, 0.25) is 0 Å². The first-order chi connectivity index (χ1) is 8.56. The number of carbonyl (C=O) groups is 1. The minimum absolute atomic E-state index is 0.0303. The Bertz CT molecular complexity index is 451. The van der Waals surface area contributed by atoms with Crippen molar-refractivity contribution in [1.29, 1.82) is 0 Å². The van der Waals surface area contributed by atoms with Gasteiger partial charge in [-0.15, -0.1) is 0 Å². The number of hydrogen-bond acceptors (Lipinski definition) is 3. The molecule has 4 nitrogen and oxygen atoms in total. The molecule has 2 rings (SSSR count). The number of halogens is 1. The van der Waals surface area contributed by atoms with E-state index in [1.54, 1.807) is 0 Å². The third-order valence-electron chi connectivity index (χ3n) is 3.17. The van der Waals surface area contributed by atoms with Gasteiger partial charge < -0.3 is 16.2 Å². The monoisotopic (exact) mass is 252 g/mol. The van der Waals surface area contributed by atoms with Gasteiger partial charge in [0, 0.05) is 6.04 Å². The molecule has 0 heterocycles. The van der Waals surface area contributed by atoms with Crippen LogP contribution in [0.1, 0.15) is 36.0 Å². The SMILES string of the molecule is NC(=O)c1cc(F)ccc1OC1CCCC(N)C1. The Hall–Kier alpha value is -1.62. The van der Waals surface area contributed by atoms with E-state index in [0.717, 1.165) is 31.7 Å². The smallest absolute Gasteiger partial charge is 0.252 e. The molecule has 98 valence electrons. The highest BCUT2D eigenvalue weighted by Gasteiger charge is 2.22. The second-order valence-corrected chi connectivity index (χ2v) is 4.67. The molecule has 2 unspecified atom stereocenters. The van der Waals surface area contributed by atoms with Gasteiger partial charge in [-0.05, 0) is 43.9 Å². The maximum Gasteiger partial charge on any atom is 0.252 e. The number of ether oxygens (including phenoxy) is 1. The first-order valence-electron chi connectivity index (χ1n) is 6.08. The number of primary amides is 1. The number of amides is 1. The second kappa shape index (κ2) is 5.35. The van der Waals surface area contributed by atoms with Crippen LogP contribution in [0.2, 0.25) is 0 Å². The van der Waals surface area contributed by atoms with Crippen LogP contribution in [-0.4, -0.2) is 18.1 Å². The van der Waals surface area contributed by atoms with E-state index in [2.05, 4.69) is 0 Å². The number of benzene rings is 1. The van der Waals surface area contributed by atoms with E-state index in [4.69, 9.17) is 16.2 Å². The van der Waals surface area contributed by atoms with Crippen molar-refractivity contribution in [3.05, 3.63) is 29.6 Å². The van der Waals surface area contributed by atoms with Crippen molar-refractivity contribution in [2.45, 2.75) is 37.8 Å². The average Bonchev–Trinajstić information content (AvgIpc) is 2.31. The highest BCUT2D eigenvalue weighted by atomic mass is 19.1. The van der Waals surface area contributed by atoms with E-state index in [9.17, 15) is 9.18 Å². The molecule has 1 saturated carbocycles. The summed E-state index contributed by atoms with van der Waals surface area (Å²) in [5.41, 5.74) is 11.2. The molecular formula is C13H17FN2O2. The third-order valence-corrected chi connectivity index (χ3v) is 3.17. The highest BCUT2D eigenvalue weighted by Crippen LogP contribution is 2.26. The zero-order chi connectivity index (χ0) is 13.1. The molecule has 18 heavy (non-hydrogen) atoms. The molecule has 0 bridgehead atoms. The van der Waals surface area contributed by atoms with Crippen LogP contribution in [-0.2, 0) is 0 Å². The molecule has 1 amide bonds. The van der Waals surface area contributed by atoms with Gasteiger partial charge in [0.05, 0.1) is 5.56 Å². The summed E-state index contributed by atoms with van der Waals surface area (Å²) < 4.78 is 18.8. The average molecular weight is 252 g/mol. The number of hydrogen-bond donors (Lipinski definition) is 2. The van der Waals surface area contributed by atoms with Crippen LogP contribution in [0.4, 0.5) is 4.39 Å². The lowest BCUT2D eigenvalue weighted by Gasteiger charge is -2.27. The molecule has 0 aliphatic heterocycles. The summed E-state index contributed by atoms with van der Waals surface area (Å²) in [7, 11) is 0. The van der Waals surface area contributed by atoms with Crippen LogP contribution in [0.25, 0.3) is 0 Å². The van der Waals surface area contributed by atoms with Crippen LogP contribution >= 0.6 is 0 Å². The Balaban J connectivity index is 2.15. The van der Waals surface area contributed by atoms with Crippen molar-refractivity contribution in [2.24, 2.45) is 11.5 Å². The Morgan fingerprint density at radius 3 is 2.83 bits per heavy atom. The van der Waals surface area contributed by atoms with Crippen molar-refractivity contribution in [2.75, 3.05) is 0 Å². The molecular weight excluding hydrogens is 235 g/mol. The standard InChI is InChI=1S/C13H17FN2O2/c14-8-4-5-12(11(6-8)13(16)17)18-10-3-1-2-9(15)7-10/h4-6,9-10H,1-3,7,15H2,(H2,16,17). The fraction of sp³-hybridized carbons (Fsp3) is 0.462. The van der Waals surface area contributed by atoms with Crippen molar-refractivity contribution >= 4 is 5.91 Å². The van der Waals surface area contributed by atoms with Crippen LogP contribution in [0.5, 0.6) is 5.75 Å². The molecule has 2 atom stereocenters. The quantitative estimate of drug-likeness (QED) is 0.857.